The van der Waals surface area contributed by atoms with Crippen molar-refractivity contribution >= 4 is 20.3 Å². The SMILES string of the molecule is C/C=C(\O[C@@H]1C=CC[C@H](C(=O)OCC)[C@H]1C(=O)OCC)O[Si](C)(C)C(C)(C)C. The van der Waals surface area contributed by atoms with E-state index in [2.05, 4.69) is 33.9 Å². The Hall–Kier alpha value is -1.76. The molecule has 1 aliphatic carbocycles. The van der Waals surface area contributed by atoms with Crippen molar-refractivity contribution in [2.24, 2.45) is 11.8 Å². The number of carbonyl (C=O) groups excluding carboxylic acids is 2. The summed E-state index contributed by atoms with van der Waals surface area (Å²) in [5, 5.41) is 0.00103. The Bertz CT molecular complexity index is 603. The highest BCUT2D eigenvalue weighted by molar-refractivity contribution is 6.74. The summed E-state index contributed by atoms with van der Waals surface area (Å²) in [7, 11) is -2.11. The normalized spacial score (nSPS) is 23.1. The van der Waals surface area contributed by atoms with Crippen molar-refractivity contribution in [1.82, 2.24) is 0 Å². The van der Waals surface area contributed by atoms with Crippen LogP contribution in [0.15, 0.2) is 24.2 Å². The minimum absolute atomic E-state index is 0.00103. The fourth-order valence-corrected chi connectivity index (χ4v) is 3.66. The van der Waals surface area contributed by atoms with Crippen molar-refractivity contribution in [2.45, 2.75) is 72.2 Å². The molecule has 3 atom stereocenters. The third-order valence-electron chi connectivity index (χ3n) is 5.30. The molecule has 0 aliphatic heterocycles. The van der Waals surface area contributed by atoms with E-state index in [1.165, 1.54) is 0 Å². The zero-order valence-electron chi connectivity index (χ0n) is 18.5. The molecular formula is C21H36O6Si. The fraction of sp³-hybridized carbons (Fsp3) is 0.714. The molecule has 1 aliphatic rings. The minimum atomic E-state index is -2.11. The van der Waals surface area contributed by atoms with Gasteiger partial charge in [-0.3, -0.25) is 9.59 Å². The molecule has 0 heterocycles. The van der Waals surface area contributed by atoms with E-state index in [9.17, 15) is 9.59 Å². The van der Waals surface area contributed by atoms with Gasteiger partial charge in [0.2, 0.25) is 0 Å². The molecule has 0 amide bonds. The van der Waals surface area contributed by atoms with Gasteiger partial charge in [-0.1, -0.05) is 26.8 Å². The Morgan fingerprint density at radius 2 is 1.68 bits per heavy atom. The molecule has 0 aromatic rings. The summed E-state index contributed by atoms with van der Waals surface area (Å²) in [4.78, 5) is 25.1. The number of hydrogen-bond donors (Lipinski definition) is 0. The lowest BCUT2D eigenvalue weighted by Gasteiger charge is -2.38. The zero-order chi connectivity index (χ0) is 21.5. The summed E-state index contributed by atoms with van der Waals surface area (Å²) < 4.78 is 22.7. The van der Waals surface area contributed by atoms with Gasteiger partial charge in [-0.2, -0.15) is 0 Å². The Kier molecular flexibility index (Phi) is 8.79. The molecule has 0 bridgehead atoms. The lowest BCUT2D eigenvalue weighted by atomic mass is 9.81. The topological polar surface area (TPSA) is 71.1 Å². The molecular weight excluding hydrogens is 376 g/mol. The van der Waals surface area contributed by atoms with Gasteiger partial charge in [0.25, 0.3) is 14.3 Å². The van der Waals surface area contributed by atoms with Crippen molar-refractivity contribution in [3.05, 3.63) is 24.2 Å². The maximum Gasteiger partial charge on any atom is 0.313 e. The molecule has 0 saturated carbocycles. The second-order valence-corrected chi connectivity index (χ2v) is 13.1. The lowest BCUT2D eigenvalue weighted by Crippen LogP contribution is -2.44. The minimum Gasteiger partial charge on any atom is -0.519 e. The van der Waals surface area contributed by atoms with Crippen LogP contribution in [-0.4, -0.2) is 39.6 Å². The zero-order valence-corrected chi connectivity index (χ0v) is 19.5. The van der Waals surface area contributed by atoms with Crippen molar-refractivity contribution in [3.63, 3.8) is 0 Å². The molecule has 0 saturated heterocycles. The van der Waals surface area contributed by atoms with Crippen LogP contribution in [0.4, 0.5) is 0 Å². The molecule has 0 radical (unpaired) electrons. The van der Waals surface area contributed by atoms with Gasteiger partial charge in [0, 0.05) is 0 Å². The number of ether oxygens (including phenoxy) is 3. The van der Waals surface area contributed by atoms with Crippen LogP contribution >= 0.6 is 0 Å². The van der Waals surface area contributed by atoms with E-state index in [0.717, 1.165) is 0 Å². The number of rotatable bonds is 8. The van der Waals surface area contributed by atoms with Gasteiger partial charge in [-0.05, 0) is 57.5 Å². The molecule has 160 valence electrons. The quantitative estimate of drug-likeness (QED) is 0.252. The predicted octanol–water partition coefficient (Wildman–Crippen LogP) is 4.57. The second-order valence-electron chi connectivity index (χ2n) is 8.35. The van der Waals surface area contributed by atoms with Crippen molar-refractivity contribution in [2.75, 3.05) is 13.2 Å². The van der Waals surface area contributed by atoms with Gasteiger partial charge in [-0.15, -0.1) is 0 Å². The smallest absolute Gasteiger partial charge is 0.313 e. The molecule has 0 spiro atoms. The van der Waals surface area contributed by atoms with Crippen LogP contribution in [0, 0.1) is 11.8 Å². The third kappa shape index (κ3) is 6.12. The predicted molar refractivity (Wildman–Crippen MR) is 111 cm³/mol. The summed E-state index contributed by atoms with van der Waals surface area (Å²) in [5.41, 5.74) is 0. The van der Waals surface area contributed by atoms with Crippen LogP contribution in [0.2, 0.25) is 18.1 Å². The summed E-state index contributed by atoms with van der Waals surface area (Å²) in [6.07, 6.45) is 5.16. The number of carbonyl (C=O) groups is 2. The van der Waals surface area contributed by atoms with Crippen LogP contribution in [-0.2, 0) is 28.2 Å². The van der Waals surface area contributed by atoms with Crippen molar-refractivity contribution in [3.8, 4) is 0 Å². The lowest BCUT2D eigenvalue weighted by molar-refractivity contribution is -0.166. The Morgan fingerprint density at radius 3 is 2.18 bits per heavy atom. The first-order valence-corrected chi connectivity index (χ1v) is 12.9. The molecule has 0 fully saturated rings. The first-order valence-electron chi connectivity index (χ1n) is 10.00. The van der Waals surface area contributed by atoms with Gasteiger partial charge in [-0.25, -0.2) is 0 Å². The van der Waals surface area contributed by atoms with Gasteiger partial charge in [0.1, 0.15) is 12.0 Å². The summed E-state index contributed by atoms with van der Waals surface area (Å²) in [6.45, 7) is 16.5. The van der Waals surface area contributed by atoms with E-state index in [1.807, 2.05) is 13.0 Å². The van der Waals surface area contributed by atoms with E-state index in [1.54, 1.807) is 26.0 Å². The first kappa shape index (κ1) is 24.3. The molecule has 28 heavy (non-hydrogen) atoms. The average Bonchev–Trinajstić information content (AvgIpc) is 2.60. The number of esters is 2. The van der Waals surface area contributed by atoms with Crippen LogP contribution in [0.25, 0.3) is 0 Å². The summed E-state index contributed by atoms with van der Waals surface area (Å²) >= 11 is 0. The molecule has 1 rings (SSSR count). The van der Waals surface area contributed by atoms with E-state index in [4.69, 9.17) is 18.6 Å². The van der Waals surface area contributed by atoms with E-state index in [0.29, 0.717) is 12.4 Å². The van der Waals surface area contributed by atoms with Crippen LogP contribution in [0.3, 0.4) is 0 Å². The van der Waals surface area contributed by atoms with Gasteiger partial charge < -0.3 is 18.6 Å². The van der Waals surface area contributed by atoms with Crippen LogP contribution in [0.1, 0.15) is 48.0 Å². The first-order chi connectivity index (χ1) is 13.0. The monoisotopic (exact) mass is 412 g/mol. The fourth-order valence-electron chi connectivity index (χ4n) is 2.69. The summed E-state index contributed by atoms with van der Waals surface area (Å²) in [5.74, 6) is -1.91. The number of allylic oxidation sites excluding steroid dienone is 2. The number of hydrogen-bond acceptors (Lipinski definition) is 6. The van der Waals surface area contributed by atoms with Gasteiger partial charge in [0.15, 0.2) is 0 Å². The highest BCUT2D eigenvalue weighted by atomic mass is 28.4. The van der Waals surface area contributed by atoms with E-state index < -0.39 is 38.2 Å². The van der Waals surface area contributed by atoms with Gasteiger partial charge in [0.05, 0.1) is 19.1 Å². The molecule has 0 aromatic heterocycles. The molecule has 6 nitrogen and oxygen atoms in total. The maximum absolute atomic E-state index is 12.6. The van der Waals surface area contributed by atoms with E-state index >= 15 is 0 Å². The van der Waals surface area contributed by atoms with Crippen LogP contribution in [0.5, 0.6) is 0 Å². The average molecular weight is 413 g/mol. The Morgan fingerprint density at radius 1 is 1.11 bits per heavy atom. The highest BCUT2D eigenvalue weighted by Crippen LogP contribution is 2.39. The van der Waals surface area contributed by atoms with Crippen LogP contribution < -0.4 is 0 Å². The van der Waals surface area contributed by atoms with Crippen molar-refractivity contribution < 1.29 is 28.2 Å². The van der Waals surface area contributed by atoms with Gasteiger partial charge >= 0.3 is 11.9 Å². The molecule has 7 heteroatoms. The third-order valence-corrected chi connectivity index (χ3v) is 9.63. The maximum atomic E-state index is 12.6. The second kappa shape index (κ2) is 10.1. The summed E-state index contributed by atoms with van der Waals surface area (Å²) in [6, 6.07) is 0. The Labute approximate surface area is 170 Å². The molecule has 0 aromatic carbocycles. The Balaban J connectivity index is 3.10. The molecule has 0 unspecified atom stereocenters. The van der Waals surface area contributed by atoms with E-state index in [-0.39, 0.29) is 18.3 Å². The van der Waals surface area contributed by atoms with Crippen molar-refractivity contribution in [1.29, 1.82) is 0 Å². The highest BCUT2D eigenvalue weighted by Gasteiger charge is 2.45. The largest absolute Gasteiger partial charge is 0.519 e. The standard InChI is InChI=1S/C21H36O6Si/c1-9-17(27-28(7,8)21(4,5)6)26-16-14-12-13-15(19(22)24-10-2)18(16)20(23)25-11-3/h9,12,14-16,18H,10-11,13H2,1-8H3/b17-9+/t15-,16+,18+/m0/s1. The molecule has 0 N–H and O–H groups in total.